The first-order valence-electron chi connectivity index (χ1n) is 8.34. The first-order valence-corrected chi connectivity index (χ1v) is 9.10. The molecule has 0 bridgehead atoms. The molecule has 0 N–H and O–H groups in total. The Labute approximate surface area is 157 Å². The summed E-state index contributed by atoms with van der Waals surface area (Å²) in [7, 11) is 1.60. The molecule has 0 aromatic heterocycles. The molecule has 1 fully saturated rings. The Morgan fingerprint density at radius 3 is 2.48 bits per heavy atom. The quantitative estimate of drug-likeness (QED) is 0.559. The fourth-order valence-electron chi connectivity index (χ4n) is 3.30. The molecule has 1 aromatic rings. The van der Waals surface area contributed by atoms with Gasteiger partial charge in [0.15, 0.2) is 0 Å². The monoisotopic (exact) mass is 382 g/mol. The molecule has 0 atom stereocenters. The molecule has 0 spiro atoms. The molecule has 2 aliphatic rings. The van der Waals surface area contributed by atoms with E-state index < -0.39 is 0 Å². The van der Waals surface area contributed by atoms with Crippen LogP contribution in [0.15, 0.2) is 23.9 Å². The molecule has 2 aliphatic heterocycles. The second kappa shape index (κ2) is 7.77. The van der Waals surface area contributed by atoms with Crippen molar-refractivity contribution in [1.82, 2.24) is 9.80 Å². The highest BCUT2D eigenvalue weighted by molar-refractivity contribution is 6.41. The lowest BCUT2D eigenvalue weighted by molar-refractivity contribution is -0.137. The van der Waals surface area contributed by atoms with Crippen LogP contribution in [0.25, 0.3) is 5.57 Å². The molecular weight excluding hydrogens is 363 g/mol. The van der Waals surface area contributed by atoms with Crippen molar-refractivity contribution in [2.45, 2.75) is 19.3 Å². The molecule has 1 aromatic carbocycles. The van der Waals surface area contributed by atoms with E-state index >= 15 is 0 Å². The molecule has 3 rings (SSSR count). The van der Waals surface area contributed by atoms with Crippen molar-refractivity contribution in [1.29, 1.82) is 0 Å². The maximum Gasteiger partial charge on any atom is 0.277 e. The Morgan fingerprint density at radius 1 is 1.12 bits per heavy atom. The summed E-state index contributed by atoms with van der Waals surface area (Å²) < 4.78 is 5.03. The van der Waals surface area contributed by atoms with E-state index in [2.05, 4.69) is 0 Å². The highest BCUT2D eigenvalue weighted by atomic mass is 35.5. The number of benzene rings is 1. The van der Waals surface area contributed by atoms with Gasteiger partial charge in [0.25, 0.3) is 11.8 Å². The smallest absolute Gasteiger partial charge is 0.277 e. The van der Waals surface area contributed by atoms with Crippen LogP contribution in [0.5, 0.6) is 0 Å². The minimum atomic E-state index is -0.299. The van der Waals surface area contributed by atoms with Gasteiger partial charge in [-0.3, -0.25) is 14.5 Å². The fourth-order valence-corrected chi connectivity index (χ4v) is 3.81. The van der Waals surface area contributed by atoms with Gasteiger partial charge < -0.3 is 9.64 Å². The van der Waals surface area contributed by atoms with Crippen molar-refractivity contribution in [2.24, 2.45) is 0 Å². The van der Waals surface area contributed by atoms with Gasteiger partial charge in [0, 0.05) is 43.9 Å². The summed E-state index contributed by atoms with van der Waals surface area (Å²) in [5.74, 6) is -0.545. The van der Waals surface area contributed by atoms with Gasteiger partial charge in [-0.1, -0.05) is 29.3 Å². The number of ether oxygens (including phenoxy) is 1. The summed E-state index contributed by atoms with van der Waals surface area (Å²) in [6.45, 7) is 2.37. The second-order valence-corrected chi connectivity index (χ2v) is 6.99. The Bertz CT molecular complexity index is 727. The molecule has 2 amide bonds. The molecule has 0 radical (unpaired) electrons. The van der Waals surface area contributed by atoms with Crippen LogP contribution in [0.4, 0.5) is 0 Å². The van der Waals surface area contributed by atoms with Crippen molar-refractivity contribution >= 4 is 40.6 Å². The molecule has 0 aliphatic carbocycles. The van der Waals surface area contributed by atoms with Crippen LogP contribution in [-0.2, 0) is 14.3 Å². The summed E-state index contributed by atoms with van der Waals surface area (Å²) in [6, 6.07) is 4.99. The number of amides is 2. The second-order valence-electron chi connectivity index (χ2n) is 6.15. The number of carbonyl (C=O) groups is 2. The first-order chi connectivity index (χ1) is 12.0. The molecule has 134 valence electrons. The number of halogens is 2. The van der Waals surface area contributed by atoms with Gasteiger partial charge in [0.05, 0.1) is 10.6 Å². The van der Waals surface area contributed by atoms with Crippen LogP contribution in [0.3, 0.4) is 0 Å². The molecular formula is C18H20Cl2N2O3. The maximum atomic E-state index is 13.0. The third-order valence-corrected chi connectivity index (χ3v) is 5.04. The van der Waals surface area contributed by atoms with Gasteiger partial charge in [-0.15, -0.1) is 0 Å². The highest BCUT2D eigenvalue weighted by Crippen LogP contribution is 2.37. The molecule has 2 heterocycles. The van der Waals surface area contributed by atoms with E-state index in [1.54, 1.807) is 25.3 Å². The van der Waals surface area contributed by atoms with Gasteiger partial charge in [-0.25, -0.2) is 0 Å². The molecule has 1 saturated heterocycles. The fraction of sp³-hybridized carbons (Fsp3) is 0.444. The number of carbonyl (C=O) groups excluding carboxylic acids is 2. The van der Waals surface area contributed by atoms with E-state index in [1.165, 1.54) is 4.90 Å². The van der Waals surface area contributed by atoms with Gasteiger partial charge in [-0.05, 0) is 31.4 Å². The molecule has 7 heteroatoms. The molecule has 0 unspecified atom stereocenters. The lowest BCUT2D eigenvalue weighted by Gasteiger charge is -2.20. The summed E-state index contributed by atoms with van der Waals surface area (Å²) >= 11 is 12.3. The largest absolute Gasteiger partial charge is 0.385 e. The molecule has 25 heavy (non-hydrogen) atoms. The van der Waals surface area contributed by atoms with Crippen molar-refractivity contribution in [2.75, 3.05) is 33.4 Å². The third-order valence-electron chi connectivity index (χ3n) is 4.50. The minimum Gasteiger partial charge on any atom is -0.385 e. The summed E-state index contributed by atoms with van der Waals surface area (Å²) in [6.07, 6.45) is 2.62. The van der Waals surface area contributed by atoms with Crippen molar-refractivity contribution in [3.05, 3.63) is 39.5 Å². The minimum absolute atomic E-state index is 0.246. The van der Waals surface area contributed by atoms with Crippen LogP contribution in [0.1, 0.15) is 24.8 Å². The Balaban J connectivity index is 2.02. The summed E-state index contributed by atoms with van der Waals surface area (Å²) in [5, 5.41) is 0.866. The van der Waals surface area contributed by atoms with Gasteiger partial charge in [0.2, 0.25) is 0 Å². The Hall–Kier alpha value is -1.56. The molecule has 5 nitrogen and oxygen atoms in total. The highest BCUT2D eigenvalue weighted by Gasteiger charge is 2.42. The zero-order valence-electron chi connectivity index (χ0n) is 14.1. The van der Waals surface area contributed by atoms with Gasteiger partial charge in [-0.2, -0.15) is 0 Å². The zero-order valence-corrected chi connectivity index (χ0v) is 15.6. The van der Waals surface area contributed by atoms with Crippen molar-refractivity contribution < 1.29 is 14.3 Å². The van der Waals surface area contributed by atoms with E-state index in [0.29, 0.717) is 46.5 Å². The SMILES string of the molecule is COCCCN1C(=O)C(c2ccc(Cl)cc2Cl)=C(N2CCCC2)C1=O. The van der Waals surface area contributed by atoms with Crippen molar-refractivity contribution in [3.8, 4) is 0 Å². The first kappa shape index (κ1) is 18.2. The van der Waals surface area contributed by atoms with Crippen LogP contribution < -0.4 is 0 Å². The predicted molar refractivity (Wildman–Crippen MR) is 97.4 cm³/mol. The zero-order chi connectivity index (χ0) is 18.0. The van der Waals surface area contributed by atoms with Gasteiger partial charge in [0.1, 0.15) is 5.70 Å². The lowest BCUT2D eigenvalue weighted by atomic mass is 10.0. The summed E-state index contributed by atoms with van der Waals surface area (Å²) in [4.78, 5) is 29.3. The van der Waals surface area contributed by atoms with E-state index in [0.717, 1.165) is 25.9 Å². The number of hydrogen-bond acceptors (Lipinski definition) is 4. The average molecular weight is 383 g/mol. The number of imide groups is 1. The normalized spacial score (nSPS) is 18.0. The lowest BCUT2D eigenvalue weighted by Crippen LogP contribution is -2.35. The number of rotatable bonds is 6. The predicted octanol–water partition coefficient (Wildman–Crippen LogP) is 3.21. The van der Waals surface area contributed by atoms with Crippen LogP contribution in [0.2, 0.25) is 10.0 Å². The third kappa shape index (κ3) is 3.54. The number of hydrogen-bond donors (Lipinski definition) is 0. The van der Waals surface area contributed by atoms with E-state index in [4.69, 9.17) is 27.9 Å². The summed E-state index contributed by atoms with van der Waals surface area (Å²) in [5.41, 5.74) is 1.40. The number of likely N-dealkylation sites (tertiary alicyclic amines) is 1. The standard InChI is InChI=1S/C18H20Cl2N2O3/c1-25-10-4-9-22-17(23)15(13-6-5-12(19)11-14(13)20)16(18(22)24)21-7-2-3-8-21/h5-6,11H,2-4,7-10H2,1H3. The number of nitrogens with zero attached hydrogens (tertiary/aromatic N) is 2. The topological polar surface area (TPSA) is 49.9 Å². The molecule has 0 saturated carbocycles. The Kier molecular flexibility index (Phi) is 5.67. The van der Waals surface area contributed by atoms with Crippen molar-refractivity contribution in [3.63, 3.8) is 0 Å². The van der Waals surface area contributed by atoms with E-state index in [9.17, 15) is 9.59 Å². The number of methoxy groups -OCH3 is 1. The Morgan fingerprint density at radius 2 is 1.84 bits per heavy atom. The average Bonchev–Trinajstić information content (AvgIpc) is 3.17. The van der Waals surface area contributed by atoms with Crippen LogP contribution >= 0.6 is 23.2 Å². The van der Waals surface area contributed by atoms with Crippen LogP contribution in [0, 0.1) is 0 Å². The van der Waals surface area contributed by atoms with E-state index in [1.807, 2.05) is 4.90 Å². The maximum absolute atomic E-state index is 13.0. The van der Waals surface area contributed by atoms with Gasteiger partial charge >= 0.3 is 0 Å². The van der Waals surface area contributed by atoms with E-state index in [-0.39, 0.29) is 11.8 Å². The van der Waals surface area contributed by atoms with Crippen LogP contribution in [-0.4, -0.2) is 55.0 Å².